The number of aliphatic hydroxyl groups excluding tert-OH is 1. The van der Waals surface area contributed by atoms with Crippen molar-refractivity contribution < 1.29 is 14.6 Å². The van der Waals surface area contributed by atoms with Gasteiger partial charge in [-0.2, -0.15) is 0 Å². The maximum absolute atomic E-state index is 12.0. The Labute approximate surface area is 120 Å². The topological polar surface area (TPSA) is 58.6 Å². The highest BCUT2D eigenvalue weighted by atomic mass is 16.5. The van der Waals surface area contributed by atoms with Crippen molar-refractivity contribution >= 4 is 5.91 Å². The monoisotopic (exact) mass is 277 g/mol. The number of carbonyl (C=O) groups is 1. The number of para-hydroxylation sites is 1. The molecule has 2 rings (SSSR count). The van der Waals surface area contributed by atoms with Crippen LogP contribution in [0.5, 0.6) is 5.75 Å². The summed E-state index contributed by atoms with van der Waals surface area (Å²) in [6, 6.07) is 7.79. The fourth-order valence-corrected chi connectivity index (χ4v) is 2.35. The highest BCUT2D eigenvalue weighted by Gasteiger charge is 2.22. The van der Waals surface area contributed by atoms with Gasteiger partial charge in [0.1, 0.15) is 5.75 Å². The average molecular weight is 277 g/mol. The summed E-state index contributed by atoms with van der Waals surface area (Å²) in [4.78, 5) is 12.0. The minimum atomic E-state index is -0.590. The average Bonchev–Trinajstić information content (AvgIpc) is 2.61. The minimum Gasteiger partial charge on any atom is -0.493 e. The van der Waals surface area contributed by atoms with E-state index in [1.165, 1.54) is 0 Å². The molecule has 110 valence electrons. The van der Waals surface area contributed by atoms with Crippen LogP contribution in [-0.2, 0) is 4.79 Å². The highest BCUT2D eigenvalue weighted by molar-refractivity contribution is 5.77. The van der Waals surface area contributed by atoms with Gasteiger partial charge in [0.15, 0.2) is 0 Å². The zero-order chi connectivity index (χ0) is 14.5. The summed E-state index contributed by atoms with van der Waals surface area (Å²) in [6.45, 7) is 4.50. The molecule has 0 radical (unpaired) electrons. The summed E-state index contributed by atoms with van der Waals surface area (Å²) < 4.78 is 5.68. The summed E-state index contributed by atoms with van der Waals surface area (Å²) in [5, 5.41) is 12.8. The van der Waals surface area contributed by atoms with Crippen molar-refractivity contribution in [3.63, 3.8) is 0 Å². The van der Waals surface area contributed by atoms with E-state index in [0.29, 0.717) is 6.61 Å². The van der Waals surface area contributed by atoms with E-state index in [1.54, 1.807) is 0 Å². The Morgan fingerprint density at radius 2 is 2.20 bits per heavy atom. The predicted octanol–water partition coefficient (Wildman–Crippen LogP) is 2.42. The van der Waals surface area contributed by atoms with Crippen LogP contribution in [0.2, 0.25) is 0 Å². The lowest BCUT2D eigenvalue weighted by Crippen LogP contribution is -2.32. The van der Waals surface area contributed by atoms with Crippen molar-refractivity contribution in [1.29, 1.82) is 0 Å². The van der Waals surface area contributed by atoms with Gasteiger partial charge in [0, 0.05) is 5.56 Å². The molecule has 0 aromatic heterocycles. The summed E-state index contributed by atoms with van der Waals surface area (Å²) in [7, 11) is 0. The number of nitrogens with one attached hydrogen (secondary N) is 1. The molecule has 0 saturated heterocycles. The Morgan fingerprint density at radius 1 is 1.45 bits per heavy atom. The third kappa shape index (κ3) is 3.73. The molecule has 4 heteroatoms. The molecular formula is C16H23NO3. The SMILES string of the molecule is CC(C)C(O)CC(=O)NC1CCCOc2ccccc21. The number of hydrogen-bond acceptors (Lipinski definition) is 3. The molecule has 1 amide bonds. The Balaban J connectivity index is 2.04. The van der Waals surface area contributed by atoms with Gasteiger partial charge in [-0.15, -0.1) is 0 Å². The quantitative estimate of drug-likeness (QED) is 0.888. The third-order valence-electron chi connectivity index (χ3n) is 3.69. The predicted molar refractivity (Wildman–Crippen MR) is 77.5 cm³/mol. The molecule has 2 atom stereocenters. The third-order valence-corrected chi connectivity index (χ3v) is 3.69. The molecule has 1 aromatic rings. The normalized spacial score (nSPS) is 19.7. The van der Waals surface area contributed by atoms with Gasteiger partial charge < -0.3 is 15.2 Å². The summed E-state index contributed by atoms with van der Waals surface area (Å²) in [5.41, 5.74) is 1.03. The minimum absolute atomic E-state index is 0.0273. The van der Waals surface area contributed by atoms with Crippen molar-refractivity contribution in [2.45, 2.75) is 45.3 Å². The van der Waals surface area contributed by atoms with E-state index in [-0.39, 0.29) is 24.3 Å². The van der Waals surface area contributed by atoms with Crippen molar-refractivity contribution in [3.8, 4) is 5.75 Å². The standard InChI is InChI=1S/C16H23NO3/c1-11(2)14(18)10-16(19)17-13-7-5-9-20-15-8-4-3-6-12(13)15/h3-4,6,8,11,13-14,18H,5,7,9-10H2,1-2H3,(H,17,19). The molecule has 2 unspecified atom stereocenters. The number of hydrogen-bond donors (Lipinski definition) is 2. The Hall–Kier alpha value is -1.55. The van der Waals surface area contributed by atoms with Gasteiger partial charge in [-0.3, -0.25) is 4.79 Å². The van der Waals surface area contributed by atoms with Gasteiger partial charge in [0.2, 0.25) is 5.91 Å². The Bertz CT molecular complexity index is 459. The molecule has 1 aliphatic heterocycles. The first-order valence-electron chi connectivity index (χ1n) is 7.27. The second-order valence-electron chi connectivity index (χ2n) is 5.66. The zero-order valence-corrected chi connectivity index (χ0v) is 12.1. The van der Waals surface area contributed by atoms with E-state index in [1.807, 2.05) is 38.1 Å². The van der Waals surface area contributed by atoms with Crippen molar-refractivity contribution in [2.24, 2.45) is 5.92 Å². The molecule has 0 bridgehead atoms. The first-order valence-corrected chi connectivity index (χ1v) is 7.27. The summed E-state index contributed by atoms with van der Waals surface area (Å²) in [6.07, 6.45) is 1.33. The van der Waals surface area contributed by atoms with Crippen LogP contribution in [0.15, 0.2) is 24.3 Å². The Morgan fingerprint density at radius 3 is 2.95 bits per heavy atom. The Kier molecular flexibility index (Phi) is 5.01. The number of aliphatic hydroxyl groups is 1. The number of ether oxygens (including phenoxy) is 1. The number of amides is 1. The lowest BCUT2D eigenvalue weighted by Gasteiger charge is -2.20. The molecule has 1 aliphatic rings. The van der Waals surface area contributed by atoms with E-state index in [4.69, 9.17) is 4.74 Å². The number of carbonyl (C=O) groups excluding carboxylic acids is 1. The van der Waals surface area contributed by atoms with Crippen LogP contribution in [0.3, 0.4) is 0 Å². The maximum Gasteiger partial charge on any atom is 0.223 e. The van der Waals surface area contributed by atoms with E-state index in [0.717, 1.165) is 24.2 Å². The van der Waals surface area contributed by atoms with Gasteiger partial charge in [0.05, 0.1) is 25.2 Å². The number of benzene rings is 1. The van der Waals surface area contributed by atoms with Crippen LogP contribution in [0, 0.1) is 5.92 Å². The lowest BCUT2D eigenvalue weighted by atomic mass is 10.0. The molecule has 0 fully saturated rings. The van der Waals surface area contributed by atoms with Gasteiger partial charge in [-0.05, 0) is 24.8 Å². The van der Waals surface area contributed by atoms with Crippen LogP contribution in [0.1, 0.15) is 44.7 Å². The highest BCUT2D eigenvalue weighted by Crippen LogP contribution is 2.31. The van der Waals surface area contributed by atoms with Crippen molar-refractivity contribution in [1.82, 2.24) is 5.32 Å². The summed E-state index contributed by atoms with van der Waals surface area (Å²) >= 11 is 0. The van der Waals surface area contributed by atoms with Gasteiger partial charge >= 0.3 is 0 Å². The number of fused-ring (bicyclic) bond motifs is 1. The molecule has 2 N–H and O–H groups in total. The van der Waals surface area contributed by atoms with Crippen LogP contribution < -0.4 is 10.1 Å². The molecule has 1 heterocycles. The molecular weight excluding hydrogens is 254 g/mol. The van der Waals surface area contributed by atoms with Crippen LogP contribution in [0.25, 0.3) is 0 Å². The lowest BCUT2D eigenvalue weighted by molar-refractivity contribution is -0.124. The second-order valence-corrected chi connectivity index (χ2v) is 5.66. The molecule has 0 spiro atoms. The van der Waals surface area contributed by atoms with Crippen molar-refractivity contribution in [2.75, 3.05) is 6.61 Å². The summed E-state index contributed by atoms with van der Waals surface area (Å²) in [5.74, 6) is 0.832. The zero-order valence-electron chi connectivity index (χ0n) is 12.1. The second kappa shape index (κ2) is 6.75. The van der Waals surface area contributed by atoms with Crippen LogP contribution in [-0.4, -0.2) is 23.7 Å². The van der Waals surface area contributed by atoms with Crippen LogP contribution in [0.4, 0.5) is 0 Å². The van der Waals surface area contributed by atoms with E-state index in [2.05, 4.69) is 5.32 Å². The first-order chi connectivity index (χ1) is 9.58. The van der Waals surface area contributed by atoms with Gasteiger partial charge in [-0.25, -0.2) is 0 Å². The maximum atomic E-state index is 12.0. The molecule has 0 saturated carbocycles. The first kappa shape index (κ1) is 14.9. The number of rotatable bonds is 4. The van der Waals surface area contributed by atoms with E-state index in [9.17, 15) is 9.90 Å². The fraction of sp³-hybridized carbons (Fsp3) is 0.562. The van der Waals surface area contributed by atoms with E-state index < -0.39 is 6.10 Å². The smallest absolute Gasteiger partial charge is 0.223 e. The molecule has 0 aliphatic carbocycles. The van der Waals surface area contributed by atoms with Gasteiger partial charge in [-0.1, -0.05) is 32.0 Å². The molecule has 1 aromatic carbocycles. The van der Waals surface area contributed by atoms with Gasteiger partial charge in [0.25, 0.3) is 0 Å². The molecule has 20 heavy (non-hydrogen) atoms. The van der Waals surface area contributed by atoms with Crippen LogP contribution >= 0.6 is 0 Å². The largest absolute Gasteiger partial charge is 0.493 e. The fourth-order valence-electron chi connectivity index (χ4n) is 2.35. The van der Waals surface area contributed by atoms with E-state index >= 15 is 0 Å². The van der Waals surface area contributed by atoms with Crippen molar-refractivity contribution in [3.05, 3.63) is 29.8 Å². The molecule has 4 nitrogen and oxygen atoms in total.